The van der Waals surface area contributed by atoms with Gasteiger partial charge in [-0.15, -0.1) is 0 Å². The Hall–Kier alpha value is -1.10. The Kier molecular flexibility index (Phi) is 4.96. The first-order valence-electron chi connectivity index (χ1n) is 6.72. The smallest absolute Gasteiger partial charge is 0.328 e. The summed E-state index contributed by atoms with van der Waals surface area (Å²) < 4.78 is 4.69. The fourth-order valence-corrected chi connectivity index (χ4v) is 2.13. The number of hydrogen-bond acceptors (Lipinski definition) is 4. The highest BCUT2D eigenvalue weighted by atomic mass is 16.5. The maximum Gasteiger partial charge on any atom is 0.328 e. The van der Waals surface area contributed by atoms with Crippen LogP contribution < -0.4 is 0 Å². The molecule has 1 rings (SSSR count). The summed E-state index contributed by atoms with van der Waals surface area (Å²) in [6.45, 7) is 8.50. The molecule has 0 saturated carbocycles. The molecule has 1 N–H and O–H groups in total. The quantitative estimate of drug-likeness (QED) is 0.783. The van der Waals surface area contributed by atoms with Crippen LogP contribution in [-0.2, 0) is 14.3 Å². The number of esters is 1. The van der Waals surface area contributed by atoms with E-state index in [4.69, 9.17) is 4.74 Å². The van der Waals surface area contributed by atoms with Gasteiger partial charge in [-0.1, -0.05) is 27.7 Å². The molecule has 1 heterocycles. The Morgan fingerprint density at radius 3 is 2.47 bits per heavy atom. The number of rotatable bonds is 3. The third-order valence-electron chi connectivity index (χ3n) is 4.03. The lowest BCUT2D eigenvalue weighted by molar-refractivity contribution is -0.151. The van der Waals surface area contributed by atoms with Crippen molar-refractivity contribution in [2.45, 2.75) is 52.7 Å². The number of amides is 1. The van der Waals surface area contributed by atoms with Crippen LogP contribution in [0.15, 0.2) is 0 Å². The minimum atomic E-state index is -0.641. The minimum Gasteiger partial charge on any atom is -0.467 e. The number of methoxy groups -OCH3 is 1. The Morgan fingerprint density at radius 2 is 2.00 bits per heavy atom. The molecule has 1 amide bonds. The lowest BCUT2D eigenvalue weighted by Gasteiger charge is -2.30. The molecule has 0 aromatic carbocycles. The van der Waals surface area contributed by atoms with E-state index in [1.807, 2.05) is 6.92 Å². The molecular weight excluding hydrogens is 246 g/mol. The van der Waals surface area contributed by atoms with Crippen LogP contribution in [-0.4, -0.2) is 47.7 Å². The van der Waals surface area contributed by atoms with Gasteiger partial charge >= 0.3 is 5.97 Å². The topological polar surface area (TPSA) is 66.8 Å². The van der Waals surface area contributed by atoms with Crippen LogP contribution in [0.3, 0.4) is 0 Å². The SMILES string of the molecule is COC(=O)C1CC(O)CN1C(=O)CC(C)C(C)(C)C. The molecule has 19 heavy (non-hydrogen) atoms. The van der Waals surface area contributed by atoms with Crippen molar-refractivity contribution in [3.63, 3.8) is 0 Å². The van der Waals surface area contributed by atoms with E-state index in [0.717, 1.165) is 0 Å². The number of aliphatic hydroxyl groups is 1. The lowest BCUT2D eigenvalue weighted by Crippen LogP contribution is -2.42. The van der Waals surface area contributed by atoms with E-state index in [2.05, 4.69) is 20.8 Å². The van der Waals surface area contributed by atoms with Gasteiger partial charge < -0.3 is 14.7 Å². The Labute approximate surface area is 114 Å². The van der Waals surface area contributed by atoms with Crippen LogP contribution in [0.2, 0.25) is 0 Å². The van der Waals surface area contributed by atoms with Crippen molar-refractivity contribution in [3.8, 4) is 0 Å². The summed E-state index contributed by atoms with van der Waals surface area (Å²) in [5.41, 5.74) is 0.0365. The van der Waals surface area contributed by atoms with E-state index in [1.165, 1.54) is 12.0 Å². The van der Waals surface area contributed by atoms with Crippen LogP contribution in [0.4, 0.5) is 0 Å². The van der Waals surface area contributed by atoms with Crippen molar-refractivity contribution < 1.29 is 19.4 Å². The summed E-state index contributed by atoms with van der Waals surface area (Å²) >= 11 is 0. The van der Waals surface area contributed by atoms with Crippen molar-refractivity contribution >= 4 is 11.9 Å². The molecule has 1 aliphatic rings. The van der Waals surface area contributed by atoms with Gasteiger partial charge in [-0.3, -0.25) is 4.79 Å². The molecule has 0 aromatic heterocycles. The first kappa shape index (κ1) is 16.0. The van der Waals surface area contributed by atoms with Gasteiger partial charge in [0.25, 0.3) is 0 Å². The Balaban J connectivity index is 2.72. The van der Waals surface area contributed by atoms with Crippen LogP contribution >= 0.6 is 0 Å². The molecule has 3 unspecified atom stereocenters. The van der Waals surface area contributed by atoms with E-state index in [1.54, 1.807) is 0 Å². The summed E-state index contributed by atoms with van der Waals surface area (Å²) in [5, 5.41) is 9.66. The van der Waals surface area contributed by atoms with Crippen molar-refractivity contribution in [2.75, 3.05) is 13.7 Å². The van der Waals surface area contributed by atoms with E-state index in [0.29, 0.717) is 6.42 Å². The number of hydrogen-bond donors (Lipinski definition) is 1. The van der Waals surface area contributed by atoms with Gasteiger partial charge in [-0.05, 0) is 11.3 Å². The normalized spacial score (nSPS) is 25.3. The average Bonchev–Trinajstić information content (AvgIpc) is 2.69. The highest BCUT2D eigenvalue weighted by Crippen LogP contribution is 2.30. The summed E-state index contributed by atoms with van der Waals surface area (Å²) in [6.07, 6.45) is 0.00412. The van der Waals surface area contributed by atoms with Crippen molar-refractivity contribution in [1.82, 2.24) is 4.90 Å². The zero-order chi connectivity index (χ0) is 14.8. The zero-order valence-corrected chi connectivity index (χ0v) is 12.5. The Bertz CT molecular complexity index is 348. The van der Waals surface area contributed by atoms with Gasteiger partial charge in [0.2, 0.25) is 5.91 Å². The van der Waals surface area contributed by atoms with Crippen LogP contribution in [0, 0.1) is 11.3 Å². The first-order chi connectivity index (χ1) is 8.66. The third-order valence-corrected chi connectivity index (χ3v) is 4.03. The summed E-state index contributed by atoms with van der Waals surface area (Å²) in [5.74, 6) is -0.335. The fraction of sp³-hybridized carbons (Fsp3) is 0.857. The van der Waals surface area contributed by atoms with Crippen LogP contribution in [0.5, 0.6) is 0 Å². The molecule has 3 atom stereocenters. The highest BCUT2D eigenvalue weighted by Gasteiger charge is 2.40. The van der Waals surface area contributed by atoms with Gasteiger partial charge in [0.05, 0.1) is 13.2 Å². The maximum absolute atomic E-state index is 12.3. The molecule has 0 radical (unpaired) electrons. The predicted octanol–water partition coefficient (Wildman–Crippen LogP) is 1.19. The number of nitrogens with zero attached hydrogens (tertiary/aromatic N) is 1. The van der Waals surface area contributed by atoms with Crippen molar-refractivity contribution in [3.05, 3.63) is 0 Å². The summed E-state index contributed by atoms with van der Waals surface area (Å²) in [7, 11) is 1.30. The van der Waals surface area contributed by atoms with Crippen LogP contribution in [0.1, 0.15) is 40.5 Å². The second-order valence-corrected chi connectivity index (χ2v) is 6.45. The maximum atomic E-state index is 12.3. The van der Waals surface area contributed by atoms with Gasteiger partial charge in [0, 0.05) is 19.4 Å². The van der Waals surface area contributed by atoms with Crippen molar-refractivity contribution in [1.29, 1.82) is 0 Å². The molecule has 5 nitrogen and oxygen atoms in total. The van der Waals surface area contributed by atoms with Gasteiger partial charge in [-0.2, -0.15) is 0 Å². The van der Waals surface area contributed by atoms with Crippen LogP contribution in [0.25, 0.3) is 0 Å². The summed E-state index contributed by atoms with van der Waals surface area (Å²) in [6, 6.07) is -0.639. The molecular formula is C14H25NO4. The number of ether oxygens (including phenoxy) is 1. The molecule has 0 aliphatic carbocycles. The molecule has 110 valence electrons. The largest absolute Gasteiger partial charge is 0.467 e. The average molecular weight is 271 g/mol. The first-order valence-corrected chi connectivity index (χ1v) is 6.72. The number of likely N-dealkylation sites (tertiary alicyclic amines) is 1. The number of carbonyl (C=O) groups is 2. The highest BCUT2D eigenvalue weighted by molar-refractivity contribution is 5.85. The number of aliphatic hydroxyl groups excluding tert-OH is 1. The standard InChI is InChI=1S/C14H25NO4/c1-9(14(2,3)4)6-12(17)15-8-10(16)7-11(15)13(18)19-5/h9-11,16H,6-8H2,1-5H3. The van der Waals surface area contributed by atoms with Gasteiger partial charge in [0.1, 0.15) is 6.04 Å². The second-order valence-electron chi connectivity index (χ2n) is 6.45. The molecule has 0 spiro atoms. The molecule has 5 heteroatoms. The zero-order valence-electron chi connectivity index (χ0n) is 12.5. The van der Waals surface area contributed by atoms with Gasteiger partial charge in [0.15, 0.2) is 0 Å². The van der Waals surface area contributed by atoms with E-state index in [9.17, 15) is 14.7 Å². The molecule has 1 saturated heterocycles. The molecule has 0 aromatic rings. The Morgan fingerprint density at radius 1 is 1.42 bits per heavy atom. The fourth-order valence-electron chi connectivity index (χ4n) is 2.13. The van der Waals surface area contributed by atoms with Crippen molar-refractivity contribution in [2.24, 2.45) is 11.3 Å². The van der Waals surface area contributed by atoms with Gasteiger partial charge in [-0.25, -0.2) is 4.79 Å². The molecule has 1 fully saturated rings. The minimum absolute atomic E-state index is 0.0365. The van der Waals surface area contributed by atoms with E-state index < -0.39 is 18.1 Å². The third kappa shape index (κ3) is 3.93. The number of carbonyl (C=O) groups excluding carboxylic acids is 2. The predicted molar refractivity (Wildman–Crippen MR) is 71.4 cm³/mol. The number of β-amino-alcohol motifs (C(OH)–C–C–N with tert-alkyl or cyclic N) is 1. The molecule has 0 bridgehead atoms. The second kappa shape index (κ2) is 5.90. The van der Waals surface area contributed by atoms with E-state index in [-0.39, 0.29) is 30.2 Å². The summed E-state index contributed by atoms with van der Waals surface area (Å²) in [4.78, 5) is 25.4. The lowest BCUT2D eigenvalue weighted by atomic mass is 9.80. The monoisotopic (exact) mass is 271 g/mol. The molecule has 1 aliphatic heterocycles. The van der Waals surface area contributed by atoms with E-state index >= 15 is 0 Å².